The summed E-state index contributed by atoms with van der Waals surface area (Å²) in [6.07, 6.45) is 2.08. The lowest BCUT2D eigenvalue weighted by Gasteiger charge is -1.98. The van der Waals surface area contributed by atoms with Crippen LogP contribution in [0.25, 0.3) is 6.08 Å². The van der Waals surface area contributed by atoms with Crippen LogP contribution in [0.4, 0.5) is 0 Å². The molecule has 1 aromatic carbocycles. The molecule has 0 aliphatic rings. The first-order valence-electron chi connectivity index (χ1n) is 3.27. The second-order valence-corrected chi connectivity index (χ2v) is 3.89. The molecule has 0 N–H and O–H groups in total. The highest BCUT2D eigenvalue weighted by atomic mass is 127. The minimum atomic E-state index is 1.15. The van der Waals surface area contributed by atoms with Crippen molar-refractivity contribution in [1.82, 2.24) is 0 Å². The molecule has 0 aliphatic heterocycles. The molecule has 0 aromatic heterocycles. The zero-order valence-corrected chi connectivity index (χ0v) is 9.89. The molecule has 0 radical (unpaired) electrons. The van der Waals surface area contributed by atoms with Gasteiger partial charge in [0.2, 0.25) is 0 Å². The minimum absolute atomic E-state index is 1.15. The lowest BCUT2D eigenvalue weighted by Crippen LogP contribution is -1.77. The quantitative estimate of drug-likeness (QED) is 0.681. The summed E-state index contributed by atoms with van der Waals surface area (Å²) in [7, 11) is 0. The SMILES string of the molecule is Cc1ccc(Br)c(/C=C\I)c1. The van der Waals surface area contributed by atoms with Gasteiger partial charge in [-0.25, -0.2) is 0 Å². The molecule has 11 heavy (non-hydrogen) atoms. The van der Waals surface area contributed by atoms with Crippen molar-refractivity contribution < 1.29 is 0 Å². The highest BCUT2D eigenvalue weighted by molar-refractivity contribution is 14.1. The maximum Gasteiger partial charge on any atom is 0.0248 e. The van der Waals surface area contributed by atoms with Crippen LogP contribution < -0.4 is 0 Å². The van der Waals surface area contributed by atoms with Gasteiger partial charge in [0.05, 0.1) is 0 Å². The Hall–Kier alpha value is 0.170. The van der Waals surface area contributed by atoms with Crippen molar-refractivity contribution in [2.45, 2.75) is 6.92 Å². The molecule has 0 heterocycles. The number of halogens is 2. The molecule has 0 spiro atoms. The molecule has 1 rings (SSSR count). The monoisotopic (exact) mass is 322 g/mol. The zero-order valence-electron chi connectivity index (χ0n) is 6.14. The number of aryl methyl sites for hydroxylation is 1. The number of hydrogen-bond donors (Lipinski definition) is 0. The molecule has 0 aliphatic carbocycles. The second-order valence-electron chi connectivity index (χ2n) is 2.32. The van der Waals surface area contributed by atoms with Gasteiger partial charge in [-0.15, -0.1) is 0 Å². The normalized spacial score (nSPS) is 10.8. The summed E-state index contributed by atoms with van der Waals surface area (Å²) in [6.45, 7) is 2.09. The van der Waals surface area contributed by atoms with Crippen LogP contribution in [0.15, 0.2) is 26.8 Å². The first-order chi connectivity index (χ1) is 5.24. The first kappa shape index (κ1) is 9.26. The Balaban J connectivity index is 3.12. The Morgan fingerprint density at radius 3 is 2.82 bits per heavy atom. The van der Waals surface area contributed by atoms with E-state index < -0.39 is 0 Å². The van der Waals surface area contributed by atoms with E-state index in [1.807, 2.05) is 4.08 Å². The molecular weight excluding hydrogens is 315 g/mol. The summed E-state index contributed by atoms with van der Waals surface area (Å²) in [6, 6.07) is 6.31. The third-order valence-electron chi connectivity index (χ3n) is 1.39. The van der Waals surface area contributed by atoms with Crippen LogP contribution in [0, 0.1) is 6.92 Å². The van der Waals surface area contributed by atoms with Gasteiger partial charge in [0.25, 0.3) is 0 Å². The fourth-order valence-corrected chi connectivity index (χ4v) is 1.62. The molecule has 0 atom stereocenters. The third kappa shape index (κ3) is 2.60. The van der Waals surface area contributed by atoms with E-state index in [4.69, 9.17) is 0 Å². The molecule has 1 aromatic rings. The lowest BCUT2D eigenvalue weighted by atomic mass is 10.1. The molecule has 0 saturated heterocycles. The van der Waals surface area contributed by atoms with Crippen LogP contribution in [0.1, 0.15) is 11.1 Å². The van der Waals surface area contributed by atoms with Crippen molar-refractivity contribution in [3.05, 3.63) is 37.9 Å². The molecule has 2 heteroatoms. The molecule has 0 bridgehead atoms. The van der Waals surface area contributed by atoms with Crippen molar-refractivity contribution in [1.29, 1.82) is 0 Å². The third-order valence-corrected chi connectivity index (χ3v) is 2.48. The number of rotatable bonds is 1. The average molecular weight is 323 g/mol. The summed E-state index contributed by atoms with van der Waals surface area (Å²) in [5.41, 5.74) is 2.53. The van der Waals surface area contributed by atoms with Gasteiger partial charge < -0.3 is 0 Å². The topological polar surface area (TPSA) is 0 Å². The maximum absolute atomic E-state index is 3.48. The second kappa shape index (κ2) is 4.26. The van der Waals surface area contributed by atoms with Crippen LogP contribution in [0.2, 0.25) is 0 Å². The molecule has 0 nitrogen and oxygen atoms in total. The Bertz CT molecular complexity index is 279. The maximum atomic E-state index is 3.48. The van der Waals surface area contributed by atoms with Gasteiger partial charge in [0, 0.05) is 4.47 Å². The van der Waals surface area contributed by atoms with Crippen LogP contribution >= 0.6 is 38.5 Å². The Kier molecular flexibility index (Phi) is 3.59. The van der Waals surface area contributed by atoms with Crippen LogP contribution in [0.5, 0.6) is 0 Å². The van der Waals surface area contributed by atoms with Gasteiger partial charge in [0.15, 0.2) is 0 Å². The molecule has 0 amide bonds. The fourth-order valence-electron chi connectivity index (χ4n) is 0.859. The van der Waals surface area contributed by atoms with Gasteiger partial charge in [-0.05, 0) is 28.7 Å². The largest absolute Gasteiger partial charge is 0.0582 e. The van der Waals surface area contributed by atoms with Crippen molar-refractivity contribution in [2.24, 2.45) is 0 Å². The van der Waals surface area contributed by atoms with E-state index in [0.717, 1.165) is 4.47 Å². The van der Waals surface area contributed by atoms with E-state index in [2.05, 4.69) is 69.7 Å². The summed E-state index contributed by atoms with van der Waals surface area (Å²) in [5.74, 6) is 0. The van der Waals surface area contributed by atoms with Crippen molar-refractivity contribution in [2.75, 3.05) is 0 Å². The van der Waals surface area contributed by atoms with Crippen LogP contribution in [-0.4, -0.2) is 0 Å². The Morgan fingerprint density at radius 1 is 1.45 bits per heavy atom. The highest BCUT2D eigenvalue weighted by Crippen LogP contribution is 2.19. The van der Waals surface area contributed by atoms with Crippen LogP contribution in [0.3, 0.4) is 0 Å². The fraction of sp³-hybridized carbons (Fsp3) is 0.111. The lowest BCUT2D eigenvalue weighted by molar-refractivity contribution is 1.44. The van der Waals surface area contributed by atoms with E-state index in [-0.39, 0.29) is 0 Å². The predicted molar refractivity (Wildman–Crippen MR) is 61.9 cm³/mol. The summed E-state index contributed by atoms with van der Waals surface area (Å²) in [5, 5.41) is 0. The molecule has 0 saturated carbocycles. The van der Waals surface area contributed by atoms with Gasteiger partial charge in [-0.1, -0.05) is 56.2 Å². The van der Waals surface area contributed by atoms with E-state index in [1.54, 1.807) is 0 Å². The van der Waals surface area contributed by atoms with Gasteiger partial charge in [-0.3, -0.25) is 0 Å². The summed E-state index contributed by atoms with van der Waals surface area (Å²) in [4.78, 5) is 0. The number of benzene rings is 1. The molecule has 0 unspecified atom stereocenters. The highest BCUT2D eigenvalue weighted by Gasteiger charge is 1.94. The van der Waals surface area contributed by atoms with E-state index in [9.17, 15) is 0 Å². The molecule has 0 fully saturated rings. The molecule has 58 valence electrons. The number of hydrogen-bond acceptors (Lipinski definition) is 0. The van der Waals surface area contributed by atoms with E-state index in [1.165, 1.54) is 11.1 Å². The van der Waals surface area contributed by atoms with Crippen molar-refractivity contribution in [3.63, 3.8) is 0 Å². The Labute approximate surface area is 89.0 Å². The van der Waals surface area contributed by atoms with Crippen LogP contribution in [-0.2, 0) is 0 Å². The van der Waals surface area contributed by atoms with Gasteiger partial charge >= 0.3 is 0 Å². The van der Waals surface area contributed by atoms with Gasteiger partial charge in [0.1, 0.15) is 0 Å². The molecular formula is C9H8BrI. The smallest absolute Gasteiger partial charge is 0.0248 e. The summed E-state index contributed by atoms with van der Waals surface area (Å²) >= 11 is 5.69. The minimum Gasteiger partial charge on any atom is -0.0582 e. The predicted octanol–water partition coefficient (Wildman–Crippen LogP) is 4.16. The standard InChI is InChI=1S/C9H8BrI/c1-7-2-3-9(10)8(6-7)4-5-11/h2-6H,1H3/b5-4-. The van der Waals surface area contributed by atoms with Crippen molar-refractivity contribution in [3.8, 4) is 0 Å². The first-order valence-corrected chi connectivity index (χ1v) is 5.31. The zero-order chi connectivity index (χ0) is 8.27. The van der Waals surface area contributed by atoms with Gasteiger partial charge in [-0.2, -0.15) is 0 Å². The Morgan fingerprint density at radius 2 is 2.18 bits per heavy atom. The van der Waals surface area contributed by atoms with E-state index >= 15 is 0 Å². The summed E-state index contributed by atoms with van der Waals surface area (Å²) < 4.78 is 3.16. The van der Waals surface area contributed by atoms with Crippen molar-refractivity contribution >= 4 is 44.6 Å². The average Bonchev–Trinajstić information content (AvgIpc) is 1.98. The van der Waals surface area contributed by atoms with E-state index in [0.29, 0.717) is 0 Å².